The molecule has 0 aliphatic carbocycles. The number of halogens is 6. The third-order valence-corrected chi connectivity index (χ3v) is 7.18. The molecule has 284 valence electrons. The van der Waals surface area contributed by atoms with Gasteiger partial charge in [-0.3, -0.25) is 38.3 Å². The number of nitrogens with one attached hydrogen (secondary N) is 4. The van der Waals surface area contributed by atoms with E-state index in [0.717, 1.165) is 21.5 Å². The van der Waals surface area contributed by atoms with Crippen LogP contribution in [0.15, 0.2) is 31.6 Å². The van der Waals surface area contributed by atoms with E-state index in [0.29, 0.717) is 6.42 Å². The molecule has 2 aromatic rings. The van der Waals surface area contributed by atoms with E-state index in [-0.39, 0.29) is 24.0 Å². The van der Waals surface area contributed by atoms with Gasteiger partial charge >= 0.3 is 35.5 Å². The van der Waals surface area contributed by atoms with Gasteiger partial charge in [-0.1, -0.05) is 30.6 Å². The zero-order chi connectivity index (χ0) is 39.0. The molecule has 2 fully saturated rings. The van der Waals surface area contributed by atoms with Crippen molar-refractivity contribution in [3.05, 3.63) is 65.2 Å². The summed E-state index contributed by atoms with van der Waals surface area (Å²) < 4.78 is 85.0. The largest absolute Gasteiger partial charge is 0.471 e. The van der Waals surface area contributed by atoms with Crippen LogP contribution in [0.25, 0.3) is 0 Å². The lowest BCUT2D eigenvalue weighted by Crippen LogP contribution is -2.37. The normalized spacial score (nSPS) is 22.6. The summed E-state index contributed by atoms with van der Waals surface area (Å²) >= 11 is 0. The summed E-state index contributed by atoms with van der Waals surface area (Å²) in [5.41, 5.74) is -3.76. The van der Waals surface area contributed by atoms with Gasteiger partial charge in [-0.05, 0) is 6.42 Å². The molecular weight excluding hydrogens is 722 g/mol. The minimum atomic E-state index is -5.05. The number of alkyl halides is 6. The Morgan fingerprint density at radius 2 is 1.17 bits per heavy atom. The molecular formula is C29H30F6N6O11. The molecule has 0 saturated carbocycles. The van der Waals surface area contributed by atoms with E-state index in [9.17, 15) is 65.3 Å². The maximum atomic E-state index is 12.0. The number of aromatic nitrogens is 4. The van der Waals surface area contributed by atoms with Gasteiger partial charge in [0.25, 0.3) is 11.1 Å². The second-order valence-electron chi connectivity index (χ2n) is 10.8. The number of aromatic amines is 2. The van der Waals surface area contributed by atoms with Crippen LogP contribution < -0.4 is 33.1 Å². The Labute approximate surface area is 286 Å². The van der Waals surface area contributed by atoms with Crippen LogP contribution >= 0.6 is 0 Å². The second kappa shape index (κ2) is 17.3. The van der Waals surface area contributed by atoms with Gasteiger partial charge in [-0.15, -0.1) is 0 Å². The fourth-order valence-corrected chi connectivity index (χ4v) is 4.61. The summed E-state index contributed by atoms with van der Waals surface area (Å²) in [6.07, 6.45) is -12.2. The zero-order valence-corrected chi connectivity index (χ0v) is 26.6. The first kappa shape index (κ1) is 41.2. The predicted molar refractivity (Wildman–Crippen MR) is 161 cm³/mol. The molecule has 0 bridgehead atoms. The Kier molecular flexibility index (Phi) is 13.7. The van der Waals surface area contributed by atoms with Gasteiger partial charge < -0.3 is 35.4 Å². The number of aliphatic hydroxyl groups excluding tert-OH is 3. The van der Waals surface area contributed by atoms with E-state index in [1.165, 1.54) is 10.6 Å². The van der Waals surface area contributed by atoms with Gasteiger partial charge in [0.05, 0.1) is 38.0 Å². The Morgan fingerprint density at radius 1 is 0.788 bits per heavy atom. The van der Waals surface area contributed by atoms with Crippen molar-refractivity contribution in [1.82, 2.24) is 29.7 Å². The Hall–Kier alpha value is -5.20. The maximum absolute atomic E-state index is 12.0. The first-order valence-corrected chi connectivity index (χ1v) is 14.9. The van der Waals surface area contributed by atoms with E-state index in [4.69, 9.17) is 14.6 Å². The van der Waals surface area contributed by atoms with E-state index in [1.54, 1.807) is 6.92 Å². The molecule has 2 saturated heterocycles. The number of aliphatic hydroxyl groups is 3. The molecule has 23 heteroatoms. The van der Waals surface area contributed by atoms with Crippen LogP contribution in [0.5, 0.6) is 0 Å². The molecule has 2 aromatic heterocycles. The standard InChI is InChI=1S/C15H16F3N3O5.C14H14F3N3O6/c1-2-10-9(22)6-11(26-10)21-7-8(12(23)20-14(21)25)4-3-5-19-13(24)15(16,17)18;15-14(16,17)12(24)18-3-1-2-7-5-20(13(25)19-11(7)23)10-4-8(22)9(6-21)26-10/h7,9-11,22H,2,5-6H2,1H3,(H,19,24)(H,20,23,25);5,8-10,21-22H,3-4,6H2,(H,18,24)(H,19,23,25). The first-order valence-electron chi connectivity index (χ1n) is 14.9. The average molecular weight is 753 g/mol. The van der Waals surface area contributed by atoms with Gasteiger partial charge in [-0.25, -0.2) is 9.59 Å². The number of amides is 2. The first-order chi connectivity index (χ1) is 24.3. The van der Waals surface area contributed by atoms with Crippen LogP contribution in [0.1, 0.15) is 49.8 Å². The Bertz CT molecular complexity index is 1840. The Balaban J connectivity index is 0.000000280. The number of hydrogen-bond acceptors (Lipinski definition) is 11. The Morgan fingerprint density at radius 3 is 1.50 bits per heavy atom. The average Bonchev–Trinajstić information content (AvgIpc) is 3.63. The van der Waals surface area contributed by atoms with Crippen LogP contribution in [-0.2, 0) is 19.1 Å². The third-order valence-electron chi connectivity index (χ3n) is 7.18. The van der Waals surface area contributed by atoms with Crippen LogP contribution in [0.2, 0.25) is 0 Å². The summed E-state index contributed by atoms with van der Waals surface area (Å²) in [6.45, 7) is 0.0367. The summed E-state index contributed by atoms with van der Waals surface area (Å²) in [5, 5.41) is 31.6. The smallest absolute Gasteiger partial charge is 0.394 e. The zero-order valence-electron chi connectivity index (χ0n) is 26.6. The van der Waals surface area contributed by atoms with Crippen LogP contribution in [-0.4, -0.2) is 103 Å². The molecule has 6 unspecified atom stereocenters. The topological polar surface area (TPSA) is 247 Å². The van der Waals surface area contributed by atoms with Crippen molar-refractivity contribution in [3.63, 3.8) is 0 Å². The SMILES string of the molecule is CCC1OC(n2cc(C#CCNC(=O)C(F)(F)F)c(=O)[nH]c2=O)CC1O.O=C(NCC#Cc1cn(C2CC(O)C(CO)O2)c(=O)[nH]c1=O)C(F)(F)F. The summed E-state index contributed by atoms with van der Waals surface area (Å²) in [5.74, 6) is 4.59. The molecule has 0 aromatic carbocycles. The summed E-state index contributed by atoms with van der Waals surface area (Å²) in [7, 11) is 0. The van der Waals surface area contributed by atoms with Gasteiger partial charge in [0.2, 0.25) is 0 Å². The van der Waals surface area contributed by atoms with Gasteiger partial charge in [-0.2, -0.15) is 26.3 Å². The van der Waals surface area contributed by atoms with E-state index >= 15 is 0 Å². The fraction of sp³-hybridized carbons (Fsp3) is 0.517. The monoisotopic (exact) mass is 752 g/mol. The molecule has 2 aliphatic heterocycles. The van der Waals surface area contributed by atoms with E-state index in [2.05, 4.69) is 23.7 Å². The van der Waals surface area contributed by atoms with Crippen LogP contribution in [0.4, 0.5) is 26.3 Å². The highest BCUT2D eigenvalue weighted by atomic mass is 19.4. The molecule has 6 atom stereocenters. The second-order valence-corrected chi connectivity index (χ2v) is 10.8. The molecule has 0 radical (unpaired) electrons. The molecule has 4 rings (SSSR count). The van der Waals surface area contributed by atoms with Gasteiger partial charge in [0.1, 0.15) is 29.7 Å². The fourth-order valence-electron chi connectivity index (χ4n) is 4.61. The van der Waals surface area contributed by atoms with E-state index < -0.39 is 103 Å². The van der Waals surface area contributed by atoms with Crippen molar-refractivity contribution in [2.75, 3.05) is 19.7 Å². The molecule has 0 spiro atoms. The number of hydrogen-bond donors (Lipinski definition) is 7. The third kappa shape index (κ3) is 10.9. The molecule has 2 aliphatic rings. The highest BCUT2D eigenvalue weighted by molar-refractivity contribution is 5.82. The van der Waals surface area contributed by atoms with Crippen molar-refractivity contribution in [3.8, 4) is 23.7 Å². The highest BCUT2D eigenvalue weighted by Gasteiger charge is 2.39. The maximum Gasteiger partial charge on any atom is 0.471 e. The number of rotatable bonds is 6. The van der Waals surface area contributed by atoms with Crippen LogP contribution in [0, 0.1) is 23.7 Å². The minimum absolute atomic E-state index is 0.0221. The lowest BCUT2D eigenvalue weighted by molar-refractivity contribution is -0.173. The van der Waals surface area contributed by atoms with Crippen molar-refractivity contribution >= 4 is 11.8 Å². The van der Waals surface area contributed by atoms with Gasteiger partial charge in [0.15, 0.2) is 0 Å². The molecule has 7 N–H and O–H groups in total. The number of carbonyl (C=O) groups is 2. The van der Waals surface area contributed by atoms with Crippen molar-refractivity contribution in [2.45, 2.75) is 75.4 Å². The quantitative estimate of drug-likeness (QED) is 0.124. The number of ether oxygens (including phenoxy) is 2. The molecule has 2 amide bonds. The number of H-pyrrole nitrogens is 2. The van der Waals surface area contributed by atoms with Gasteiger partial charge in [0, 0.05) is 25.2 Å². The van der Waals surface area contributed by atoms with Crippen molar-refractivity contribution in [1.29, 1.82) is 0 Å². The minimum Gasteiger partial charge on any atom is -0.394 e. The number of carbonyl (C=O) groups excluding carboxylic acids is 2. The summed E-state index contributed by atoms with van der Waals surface area (Å²) in [4.78, 5) is 72.5. The highest BCUT2D eigenvalue weighted by Crippen LogP contribution is 2.29. The molecule has 17 nitrogen and oxygen atoms in total. The van der Waals surface area contributed by atoms with E-state index in [1.807, 2.05) is 9.97 Å². The lowest BCUT2D eigenvalue weighted by atomic mass is 10.1. The predicted octanol–water partition coefficient (Wildman–Crippen LogP) is -2.17. The number of nitrogens with zero attached hydrogens (tertiary/aromatic N) is 2. The van der Waals surface area contributed by atoms with Crippen molar-refractivity contribution in [2.24, 2.45) is 0 Å². The van der Waals surface area contributed by atoms with Crippen LogP contribution in [0.3, 0.4) is 0 Å². The summed E-state index contributed by atoms with van der Waals surface area (Å²) in [6, 6.07) is 0. The molecule has 4 heterocycles. The molecule has 52 heavy (non-hydrogen) atoms. The van der Waals surface area contributed by atoms with Crippen molar-refractivity contribution < 1.29 is 60.7 Å². The lowest BCUT2D eigenvalue weighted by Gasteiger charge is -2.14.